The van der Waals surface area contributed by atoms with Crippen molar-refractivity contribution in [1.82, 2.24) is 16.0 Å². The molecule has 0 saturated heterocycles. The summed E-state index contributed by atoms with van der Waals surface area (Å²) in [7, 11) is 0. The van der Waals surface area contributed by atoms with E-state index in [4.69, 9.17) is 0 Å². The maximum Gasteiger partial charge on any atom is 0.242 e. The summed E-state index contributed by atoms with van der Waals surface area (Å²) in [5, 5.41) is 9.50. The fraction of sp³-hybridized carbons (Fsp3) is 0.625. The van der Waals surface area contributed by atoms with Crippen LogP contribution in [0.4, 0.5) is 0 Å². The summed E-state index contributed by atoms with van der Waals surface area (Å²) < 4.78 is 0. The van der Waals surface area contributed by atoms with Crippen molar-refractivity contribution in [3.8, 4) is 0 Å². The van der Waals surface area contributed by atoms with Crippen LogP contribution >= 0.6 is 35.3 Å². The van der Waals surface area contributed by atoms with Gasteiger partial charge in [0.15, 0.2) is 5.96 Å². The molecule has 1 atom stereocenters. The highest BCUT2D eigenvalue weighted by Gasteiger charge is 2.22. The monoisotopic (exact) mass is 450 g/mol. The smallest absolute Gasteiger partial charge is 0.242 e. The van der Waals surface area contributed by atoms with Crippen molar-refractivity contribution >= 4 is 47.2 Å². The maximum absolute atomic E-state index is 11.7. The van der Waals surface area contributed by atoms with Crippen molar-refractivity contribution in [2.45, 2.75) is 52.1 Å². The third kappa shape index (κ3) is 8.01. The zero-order chi connectivity index (χ0) is 15.9. The van der Waals surface area contributed by atoms with Gasteiger partial charge in [0.1, 0.15) is 6.54 Å². The van der Waals surface area contributed by atoms with Gasteiger partial charge in [-0.15, -0.1) is 35.3 Å². The molecule has 1 aliphatic rings. The number of aryl methyl sites for hydroxylation is 1. The fourth-order valence-electron chi connectivity index (χ4n) is 2.15. The summed E-state index contributed by atoms with van der Waals surface area (Å²) in [6, 6.07) is 4.97. The zero-order valence-corrected chi connectivity index (χ0v) is 17.2. The molecular weight excluding hydrogens is 423 g/mol. The van der Waals surface area contributed by atoms with Gasteiger partial charge < -0.3 is 16.0 Å². The van der Waals surface area contributed by atoms with E-state index in [1.165, 1.54) is 9.75 Å². The summed E-state index contributed by atoms with van der Waals surface area (Å²) in [5.74, 6) is 0.704. The number of halogens is 1. The van der Waals surface area contributed by atoms with E-state index in [9.17, 15) is 4.79 Å². The number of thiophene rings is 1. The maximum atomic E-state index is 11.7. The summed E-state index contributed by atoms with van der Waals surface area (Å²) in [5.41, 5.74) is 0. The lowest BCUT2D eigenvalue weighted by Gasteiger charge is -2.17. The molecular formula is C16H27IN4OS. The van der Waals surface area contributed by atoms with Crippen LogP contribution in [0.25, 0.3) is 0 Å². The van der Waals surface area contributed by atoms with E-state index in [2.05, 4.69) is 46.9 Å². The summed E-state index contributed by atoms with van der Waals surface area (Å²) in [6.07, 6.45) is 3.16. The highest BCUT2D eigenvalue weighted by atomic mass is 127. The molecule has 0 spiro atoms. The summed E-state index contributed by atoms with van der Waals surface area (Å²) in [6.45, 7) is 7.23. The van der Waals surface area contributed by atoms with Gasteiger partial charge >= 0.3 is 0 Å². The van der Waals surface area contributed by atoms with Crippen LogP contribution in [-0.2, 0) is 11.2 Å². The molecule has 1 saturated carbocycles. The summed E-state index contributed by atoms with van der Waals surface area (Å²) in [4.78, 5) is 18.8. The molecule has 1 aliphatic carbocycles. The van der Waals surface area contributed by atoms with Crippen LogP contribution in [0.15, 0.2) is 17.1 Å². The van der Waals surface area contributed by atoms with E-state index in [-0.39, 0.29) is 42.5 Å². The SMILES string of the molecule is CCNC(=NCC(=O)NC1CC1)NC(C)Cc1ccc(C)s1.I. The highest BCUT2D eigenvalue weighted by molar-refractivity contribution is 14.0. The quantitative estimate of drug-likeness (QED) is 0.340. The standard InChI is InChI=1S/C16H26N4OS.HI/c1-4-17-16(18-10-15(21)20-13-6-7-13)19-11(2)9-14-8-5-12(3)22-14;/h5,8,11,13H,4,6-7,9-10H2,1-3H3,(H,20,21)(H2,17,18,19);1H. The number of nitrogens with one attached hydrogen (secondary N) is 3. The number of hydrogen-bond donors (Lipinski definition) is 3. The molecule has 2 rings (SSSR count). The van der Waals surface area contributed by atoms with Crippen molar-refractivity contribution in [2.24, 2.45) is 4.99 Å². The molecule has 1 aromatic heterocycles. The Morgan fingerprint density at radius 1 is 1.43 bits per heavy atom. The largest absolute Gasteiger partial charge is 0.357 e. The van der Waals surface area contributed by atoms with Crippen LogP contribution in [0.3, 0.4) is 0 Å². The molecule has 0 bridgehead atoms. The van der Waals surface area contributed by atoms with E-state index in [0.717, 1.165) is 25.8 Å². The molecule has 0 radical (unpaired) electrons. The average molecular weight is 450 g/mol. The van der Waals surface area contributed by atoms with Crippen LogP contribution in [0.5, 0.6) is 0 Å². The van der Waals surface area contributed by atoms with Gasteiger partial charge in [0, 0.05) is 34.8 Å². The number of hydrogen-bond acceptors (Lipinski definition) is 3. The fourth-order valence-corrected chi connectivity index (χ4v) is 3.17. The lowest BCUT2D eigenvalue weighted by Crippen LogP contribution is -2.43. The number of aliphatic imine (C=N–C) groups is 1. The topological polar surface area (TPSA) is 65.5 Å². The number of carbonyl (C=O) groups excluding carboxylic acids is 1. The van der Waals surface area contributed by atoms with E-state index in [0.29, 0.717) is 12.0 Å². The van der Waals surface area contributed by atoms with Crippen molar-refractivity contribution in [1.29, 1.82) is 0 Å². The predicted octanol–water partition coefficient (Wildman–Crippen LogP) is 2.44. The Hall–Kier alpha value is -0.830. The molecule has 1 fully saturated rings. The first-order valence-electron chi connectivity index (χ1n) is 7.96. The molecule has 23 heavy (non-hydrogen) atoms. The number of guanidine groups is 1. The molecule has 1 heterocycles. The Morgan fingerprint density at radius 2 is 2.17 bits per heavy atom. The minimum Gasteiger partial charge on any atom is -0.357 e. The van der Waals surface area contributed by atoms with Gasteiger partial charge in [-0.3, -0.25) is 4.79 Å². The third-order valence-electron chi connectivity index (χ3n) is 3.35. The van der Waals surface area contributed by atoms with Gasteiger partial charge in [-0.1, -0.05) is 0 Å². The predicted molar refractivity (Wildman–Crippen MR) is 108 cm³/mol. The van der Waals surface area contributed by atoms with Gasteiger partial charge in [0.25, 0.3) is 0 Å². The molecule has 5 nitrogen and oxygen atoms in total. The highest BCUT2D eigenvalue weighted by Crippen LogP contribution is 2.18. The number of carbonyl (C=O) groups is 1. The van der Waals surface area contributed by atoms with Gasteiger partial charge in [0.2, 0.25) is 5.91 Å². The van der Waals surface area contributed by atoms with Crippen molar-refractivity contribution in [2.75, 3.05) is 13.1 Å². The first kappa shape index (κ1) is 20.2. The average Bonchev–Trinajstić information content (AvgIpc) is 3.17. The van der Waals surface area contributed by atoms with Gasteiger partial charge in [-0.05, 0) is 45.7 Å². The second-order valence-corrected chi connectivity index (χ2v) is 7.17. The molecule has 0 aromatic carbocycles. The second kappa shape index (κ2) is 10.1. The van der Waals surface area contributed by atoms with Crippen LogP contribution in [0.2, 0.25) is 0 Å². The van der Waals surface area contributed by atoms with E-state index in [1.807, 2.05) is 18.3 Å². The first-order chi connectivity index (χ1) is 10.6. The number of amides is 1. The van der Waals surface area contributed by atoms with Crippen LogP contribution < -0.4 is 16.0 Å². The number of nitrogens with zero attached hydrogens (tertiary/aromatic N) is 1. The first-order valence-corrected chi connectivity index (χ1v) is 8.78. The molecule has 130 valence electrons. The minimum absolute atomic E-state index is 0. The molecule has 0 aliphatic heterocycles. The van der Waals surface area contributed by atoms with E-state index >= 15 is 0 Å². The van der Waals surface area contributed by atoms with Gasteiger partial charge in [-0.2, -0.15) is 0 Å². The van der Waals surface area contributed by atoms with Gasteiger partial charge in [0.05, 0.1) is 0 Å². The zero-order valence-electron chi connectivity index (χ0n) is 14.0. The molecule has 1 aromatic rings. The van der Waals surface area contributed by atoms with E-state index in [1.54, 1.807) is 0 Å². The van der Waals surface area contributed by atoms with E-state index < -0.39 is 0 Å². The normalized spacial score (nSPS) is 15.5. The molecule has 7 heteroatoms. The minimum atomic E-state index is 0. The Bertz CT molecular complexity index is 528. The Kier molecular flexibility index (Phi) is 8.90. The summed E-state index contributed by atoms with van der Waals surface area (Å²) >= 11 is 1.82. The second-order valence-electron chi connectivity index (χ2n) is 5.80. The lowest BCUT2D eigenvalue weighted by molar-refractivity contribution is -0.119. The third-order valence-corrected chi connectivity index (χ3v) is 4.38. The van der Waals surface area contributed by atoms with Crippen molar-refractivity contribution in [3.05, 3.63) is 21.9 Å². The Balaban J connectivity index is 0.00000264. The number of rotatable bonds is 7. The molecule has 3 N–H and O–H groups in total. The van der Waals surface area contributed by atoms with Crippen LogP contribution in [-0.4, -0.2) is 37.0 Å². The molecule has 1 unspecified atom stereocenters. The molecule has 1 amide bonds. The van der Waals surface area contributed by atoms with Crippen molar-refractivity contribution < 1.29 is 4.79 Å². The van der Waals surface area contributed by atoms with Crippen LogP contribution in [0, 0.1) is 6.92 Å². The lowest BCUT2D eigenvalue weighted by atomic mass is 10.2. The van der Waals surface area contributed by atoms with Gasteiger partial charge in [-0.25, -0.2) is 4.99 Å². The van der Waals surface area contributed by atoms with Crippen molar-refractivity contribution in [3.63, 3.8) is 0 Å². The van der Waals surface area contributed by atoms with Crippen LogP contribution in [0.1, 0.15) is 36.4 Å². The Morgan fingerprint density at radius 3 is 2.74 bits per heavy atom. The Labute approximate surface area is 159 Å².